The van der Waals surface area contributed by atoms with Crippen molar-refractivity contribution in [3.8, 4) is 0 Å². The molecule has 0 spiro atoms. The van der Waals surface area contributed by atoms with Gasteiger partial charge >= 0.3 is 0 Å². The monoisotopic (exact) mass is 219 g/mol. The Morgan fingerprint density at radius 3 is 3.00 bits per heavy atom. The summed E-state index contributed by atoms with van der Waals surface area (Å²) in [5.41, 5.74) is 7.75. The maximum atomic E-state index is 5.71. The van der Waals surface area contributed by atoms with Crippen molar-refractivity contribution in [1.29, 1.82) is 0 Å². The molecule has 0 aliphatic rings. The van der Waals surface area contributed by atoms with E-state index in [1.807, 2.05) is 42.2 Å². The van der Waals surface area contributed by atoms with Crippen LogP contribution in [0.2, 0.25) is 0 Å². The molecule has 0 bridgehead atoms. The molecule has 0 saturated heterocycles. The number of imidazole rings is 1. The van der Waals surface area contributed by atoms with Crippen LogP contribution in [0.5, 0.6) is 0 Å². The van der Waals surface area contributed by atoms with Crippen LogP contribution in [0, 0.1) is 0 Å². The average Bonchev–Trinajstić information content (AvgIpc) is 2.61. The molecule has 2 aromatic rings. The van der Waals surface area contributed by atoms with Crippen LogP contribution in [0.15, 0.2) is 41.8 Å². The SMILES string of the molecule is Cn1ccnc1SCc1cccc(N)c1. The van der Waals surface area contributed by atoms with Crippen LogP contribution in [-0.4, -0.2) is 9.55 Å². The standard InChI is InChI=1S/C11H13N3S/c1-14-6-5-13-11(14)15-8-9-3-2-4-10(12)7-9/h2-7H,8,12H2,1H3. The van der Waals surface area contributed by atoms with Gasteiger partial charge in [-0.05, 0) is 17.7 Å². The largest absolute Gasteiger partial charge is 0.399 e. The Bertz CT molecular complexity index is 451. The molecule has 0 atom stereocenters. The summed E-state index contributed by atoms with van der Waals surface area (Å²) in [6, 6.07) is 7.95. The highest BCUT2D eigenvalue weighted by atomic mass is 32.2. The van der Waals surface area contributed by atoms with E-state index in [0.717, 1.165) is 16.6 Å². The highest BCUT2D eigenvalue weighted by molar-refractivity contribution is 7.98. The molecule has 2 N–H and O–H groups in total. The van der Waals surface area contributed by atoms with Crippen LogP contribution in [0.25, 0.3) is 0 Å². The fourth-order valence-corrected chi connectivity index (χ4v) is 2.20. The molecular formula is C11H13N3S. The van der Waals surface area contributed by atoms with E-state index in [2.05, 4.69) is 11.1 Å². The lowest BCUT2D eigenvalue weighted by Gasteiger charge is -2.02. The number of nitrogens with zero attached hydrogens (tertiary/aromatic N) is 2. The Morgan fingerprint density at radius 2 is 2.33 bits per heavy atom. The topological polar surface area (TPSA) is 43.8 Å². The zero-order valence-corrected chi connectivity index (χ0v) is 9.37. The second-order valence-electron chi connectivity index (χ2n) is 3.35. The summed E-state index contributed by atoms with van der Waals surface area (Å²) >= 11 is 1.71. The van der Waals surface area contributed by atoms with E-state index in [9.17, 15) is 0 Å². The molecule has 0 amide bonds. The fraction of sp³-hybridized carbons (Fsp3) is 0.182. The minimum absolute atomic E-state index is 0.813. The van der Waals surface area contributed by atoms with E-state index in [1.165, 1.54) is 5.56 Å². The summed E-state index contributed by atoms with van der Waals surface area (Å²) in [6.07, 6.45) is 3.75. The second kappa shape index (κ2) is 4.40. The van der Waals surface area contributed by atoms with E-state index >= 15 is 0 Å². The van der Waals surface area contributed by atoms with Crippen LogP contribution in [0.3, 0.4) is 0 Å². The van der Waals surface area contributed by atoms with E-state index < -0.39 is 0 Å². The molecule has 1 aromatic heterocycles. The number of hydrogen-bond acceptors (Lipinski definition) is 3. The van der Waals surface area contributed by atoms with E-state index in [1.54, 1.807) is 11.8 Å². The maximum absolute atomic E-state index is 5.71. The summed E-state index contributed by atoms with van der Waals surface area (Å²) in [5.74, 6) is 0.899. The summed E-state index contributed by atoms with van der Waals surface area (Å²) in [5, 5.41) is 1.03. The van der Waals surface area contributed by atoms with Gasteiger partial charge in [0.15, 0.2) is 5.16 Å². The van der Waals surface area contributed by atoms with E-state index in [-0.39, 0.29) is 0 Å². The average molecular weight is 219 g/mol. The van der Waals surface area contributed by atoms with Crippen LogP contribution < -0.4 is 5.73 Å². The van der Waals surface area contributed by atoms with Crippen LogP contribution in [-0.2, 0) is 12.8 Å². The van der Waals surface area contributed by atoms with Gasteiger partial charge in [-0.15, -0.1) is 0 Å². The number of anilines is 1. The predicted molar refractivity (Wildman–Crippen MR) is 63.6 cm³/mol. The zero-order chi connectivity index (χ0) is 10.7. The Labute approximate surface area is 93.3 Å². The number of rotatable bonds is 3. The van der Waals surface area contributed by atoms with Crippen LogP contribution in [0.4, 0.5) is 5.69 Å². The number of aromatic nitrogens is 2. The Hall–Kier alpha value is -1.42. The molecule has 0 fully saturated rings. The van der Waals surface area contributed by atoms with Gasteiger partial charge in [0.05, 0.1) is 0 Å². The minimum atomic E-state index is 0.813. The van der Waals surface area contributed by atoms with Gasteiger partial charge in [-0.1, -0.05) is 23.9 Å². The molecule has 15 heavy (non-hydrogen) atoms. The fourth-order valence-electron chi connectivity index (χ4n) is 1.32. The summed E-state index contributed by atoms with van der Waals surface area (Å²) in [4.78, 5) is 4.25. The lowest BCUT2D eigenvalue weighted by atomic mass is 10.2. The van der Waals surface area contributed by atoms with Crippen molar-refractivity contribution < 1.29 is 0 Å². The van der Waals surface area contributed by atoms with E-state index in [0.29, 0.717) is 0 Å². The quantitative estimate of drug-likeness (QED) is 0.636. The molecule has 3 nitrogen and oxygen atoms in total. The van der Waals surface area contributed by atoms with Crippen LogP contribution >= 0.6 is 11.8 Å². The lowest BCUT2D eigenvalue weighted by Crippen LogP contribution is -1.91. The first-order valence-electron chi connectivity index (χ1n) is 4.70. The molecule has 0 unspecified atom stereocenters. The Kier molecular flexibility index (Phi) is 2.97. The highest BCUT2D eigenvalue weighted by Gasteiger charge is 2.00. The molecule has 1 aromatic carbocycles. The molecule has 0 saturated carbocycles. The van der Waals surface area contributed by atoms with Gasteiger partial charge in [-0.2, -0.15) is 0 Å². The third-order valence-electron chi connectivity index (χ3n) is 2.10. The number of nitrogen functional groups attached to an aromatic ring is 1. The molecule has 1 heterocycles. The molecule has 0 aliphatic heterocycles. The van der Waals surface area contributed by atoms with Gasteiger partial charge in [0.1, 0.15) is 0 Å². The molecule has 78 valence electrons. The van der Waals surface area contributed by atoms with Gasteiger partial charge in [0.25, 0.3) is 0 Å². The summed E-state index contributed by atoms with van der Waals surface area (Å²) in [7, 11) is 1.99. The van der Waals surface area contributed by atoms with Gasteiger partial charge in [0.2, 0.25) is 0 Å². The molecular weight excluding hydrogens is 206 g/mol. The third kappa shape index (κ3) is 2.53. The van der Waals surface area contributed by atoms with Crippen molar-refractivity contribution in [2.24, 2.45) is 7.05 Å². The normalized spacial score (nSPS) is 10.5. The summed E-state index contributed by atoms with van der Waals surface area (Å²) in [6.45, 7) is 0. The van der Waals surface area contributed by atoms with Crippen LogP contribution in [0.1, 0.15) is 5.56 Å². The van der Waals surface area contributed by atoms with Crippen molar-refractivity contribution in [2.75, 3.05) is 5.73 Å². The van der Waals surface area contributed by atoms with Crippen molar-refractivity contribution in [2.45, 2.75) is 10.9 Å². The molecule has 2 rings (SSSR count). The number of thioether (sulfide) groups is 1. The first-order chi connectivity index (χ1) is 7.25. The number of aryl methyl sites for hydroxylation is 1. The predicted octanol–water partition coefficient (Wildman–Crippen LogP) is 2.29. The summed E-state index contributed by atoms with van der Waals surface area (Å²) < 4.78 is 2.01. The van der Waals surface area contributed by atoms with Crippen molar-refractivity contribution >= 4 is 17.4 Å². The third-order valence-corrected chi connectivity index (χ3v) is 3.23. The van der Waals surface area contributed by atoms with Gasteiger partial charge in [0, 0.05) is 30.9 Å². The van der Waals surface area contributed by atoms with E-state index in [4.69, 9.17) is 5.73 Å². The minimum Gasteiger partial charge on any atom is -0.399 e. The second-order valence-corrected chi connectivity index (χ2v) is 4.30. The molecule has 0 radical (unpaired) electrons. The lowest BCUT2D eigenvalue weighted by molar-refractivity contribution is 0.790. The van der Waals surface area contributed by atoms with Crippen molar-refractivity contribution in [3.63, 3.8) is 0 Å². The number of hydrogen-bond donors (Lipinski definition) is 1. The maximum Gasteiger partial charge on any atom is 0.167 e. The van der Waals surface area contributed by atoms with Crippen molar-refractivity contribution in [1.82, 2.24) is 9.55 Å². The smallest absolute Gasteiger partial charge is 0.167 e. The number of benzene rings is 1. The Balaban J connectivity index is 2.02. The van der Waals surface area contributed by atoms with Gasteiger partial charge in [-0.25, -0.2) is 4.98 Å². The zero-order valence-electron chi connectivity index (χ0n) is 8.55. The van der Waals surface area contributed by atoms with Crippen molar-refractivity contribution in [3.05, 3.63) is 42.2 Å². The first-order valence-corrected chi connectivity index (χ1v) is 5.69. The van der Waals surface area contributed by atoms with Gasteiger partial charge < -0.3 is 10.3 Å². The first kappa shape index (κ1) is 10.1. The van der Waals surface area contributed by atoms with Gasteiger partial charge in [-0.3, -0.25) is 0 Å². The number of nitrogens with two attached hydrogens (primary N) is 1. The molecule has 4 heteroatoms. The molecule has 0 aliphatic carbocycles. The highest BCUT2D eigenvalue weighted by Crippen LogP contribution is 2.21. The Morgan fingerprint density at radius 1 is 1.47 bits per heavy atom.